The summed E-state index contributed by atoms with van der Waals surface area (Å²) < 4.78 is 5.18. The van der Waals surface area contributed by atoms with Gasteiger partial charge in [-0.15, -0.1) is 0 Å². The molecule has 10 heteroatoms. The van der Waals surface area contributed by atoms with E-state index in [2.05, 4.69) is 4.98 Å². The Kier molecular flexibility index (Phi) is 6.60. The number of aliphatic hydroxyl groups excluding tert-OH is 1. The number of non-ortho nitro benzene ring substituents is 1. The first-order valence-electron chi connectivity index (χ1n) is 11.0. The number of ketones is 1. The van der Waals surface area contributed by atoms with Crippen molar-refractivity contribution < 1.29 is 29.2 Å². The number of pyridine rings is 1. The van der Waals surface area contributed by atoms with E-state index in [1.807, 2.05) is 0 Å². The van der Waals surface area contributed by atoms with Crippen LogP contribution < -0.4 is 4.90 Å². The summed E-state index contributed by atoms with van der Waals surface area (Å²) in [5, 5.41) is 22.3. The van der Waals surface area contributed by atoms with Crippen LogP contribution in [0.5, 0.6) is 0 Å². The molecule has 1 atom stereocenters. The molecule has 1 unspecified atom stereocenters. The molecule has 1 N–H and O–H groups in total. The molecule has 1 aliphatic rings. The van der Waals surface area contributed by atoms with Crippen molar-refractivity contribution in [1.82, 2.24) is 4.98 Å². The number of aromatic nitrogens is 1. The molecule has 4 rings (SSSR count). The minimum absolute atomic E-state index is 0.0165. The number of ether oxygens (including phenoxy) is 1. The Labute approximate surface area is 205 Å². The van der Waals surface area contributed by atoms with E-state index in [0.29, 0.717) is 11.3 Å². The smallest absolute Gasteiger partial charge is 0.338 e. The minimum atomic E-state index is -1.06. The number of rotatable bonds is 6. The lowest BCUT2D eigenvalue weighted by atomic mass is 9.96. The molecular weight excluding hydrogens is 466 g/mol. The zero-order chi connectivity index (χ0) is 26.0. The topological polar surface area (TPSA) is 140 Å². The number of aliphatic hydroxyl groups is 1. The van der Waals surface area contributed by atoms with Crippen LogP contribution in [0.3, 0.4) is 0 Å². The Morgan fingerprint density at radius 3 is 2.42 bits per heavy atom. The standard InChI is InChI=1S/C26H21N3O7/c1-15(2)36-26(33)16-8-10-19(11-9-16)28-22(18-6-4-12-27-14-18)21(24(31)25(28)32)23(30)17-5-3-7-20(13-17)29(34)35/h3-15,22,30H,1-2H3/b23-21-. The van der Waals surface area contributed by atoms with E-state index in [-0.39, 0.29) is 28.5 Å². The zero-order valence-electron chi connectivity index (χ0n) is 19.3. The van der Waals surface area contributed by atoms with Crippen molar-refractivity contribution in [2.24, 2.45) is 0 Å². The second-order valence-electron chi connectivity index (χ2n) is 8.26. The van der Waals surface area contributed by atoms with Crippen molar-refractivity contribution in [1.29, 1.82) is 0 Å². The van der Waals surface area contributed by atoms with Crippen LogP contribution in [0.15, 0.2) is 78.6 Å². The first-order valence-corrected chi connectivity index (χ1v) is 11.0. The SMILES string of the molecule is CC(C)OC(=O)c1ccc(N2C(=O)C(=O)/C(=C(\O)c3cccc([N+](=O)[O-])c3)C2c2cccnc2)cc1. The summed E-state index contributed by atoms with van der Waals surface area (Å²) in [6.45, 7) is 3.45. The number of anilines is 1. The van der Waals surface area contributed by atoms with Crippen LogP contribution in [0.25, 0.3) is 5.76 Å². The number of nitrogens with zero attached hydrogens (tertiary/aromatic N) is 3. The van der Waals surface area contributed by atoms with Gasteiger partial charge in [0.05, 0.1) is 28.2 Å². The van der Waals surface area contributed by atoms with E-state index in [1.54, 1.807) is 26.0 Å². The van der Waals surface area contributed by atoms with Crippen LogP contribution >= 0.6 is 0 Å². The van der Waals surface area contributed by atoms with Gasteiger partial charge in [-0.2, -0.15) is 0 Å². The second kappa shape index (κ2) is 9.79. The Morgan fingerprint density at radius 1 is 1.08 bits per heavy atom. The minimum Gasteiger partial charge on any atom is -0.507 e. The highest BCUT2D eigenvalue weighted by Crippen LogP contribution is 2.42. The van der Waals surface area contributed by atoms with E-state index in [9.17, 15) is 29.6 Å². The molecule has 1 amide bonds. The summed E-state index contributed by atoms with van der Waals surface area (Å²) in [6.07, 6.45) is 2.67. The summed E-state index contributed by atoms with van der Waals surface area (Å²) >= 11 is 0. The molecule has 2 aromatic carbocycles. The molecule has 0 saturated carbocycles. The number of carbonyl (C=O) groups is 3. The third-order valence-electron chi connectivity index (χ3n) is 5.50. The number of nitro groups is 1. The molecular formula is C26H21N3O7. The lowest BCUT2D eigenvalue weighted by Crippen LogP contribution is -2.29. The van der Waals surface area contributed by atoms with E-state index in [1.165, 1.54) is 59.8 Å². The number of carbonyl (C=O) groups excluding carboxylic acids is 3. The number of amides is 1. The number of hydrogen-bond donors (Lipinski definition) is 1. The predicted molar refractivity (Wildman–Crippen MR) is 129 cm³/mol. The average Bonchev–Trinajstić information content (AvgIpc) is 3.14. The van der Waals surface area contributed by atoms with Crippen LogP contribution in [0.2, 0.25) is 0 Å². The van der Waals surface area contributed by atoms with Gasteiger partial charge in [-0.1, -0.05) is 18.2 Å². The van der Waals surface area contributed by atoms with Gasteiger partial charge in [-0.05, 0) is 49.7 Å². The van der Waals surface area contributed by atoms with E-state index >= 15 is 0 Å². The molecule has 182 valence electrons. The molecule has 36 heavy (non-hydrogen) atoms. The number of esters is 1. The molecule has 1 aromatic heterocycles. The van der Waals surface area contributed by atoms with Crippen molar-refractivity contribution in [2.75, 3.05) is 4.90 Å². The highest BCUT2D eigenvalue weighted by molar-refractivity contribution is 6.51. The monoisotopic (exact) mass is 487 g/mol. The molecule has 0 bridgehead atoms. The fraction of sp³-hybridized carbons (Fsp3) is 0.154. The van der Waals surface area contributed by atoms with Gasteiger partial charge in [0.2, 0.25) is 0 Å². The molecule has 0 aliphatic carbocycles. The predicted octanol–water partition coefficient (Wildman–Crippen LogP) is 4.18. The number of Topliss-reactive ketones (excluding diaryl/α,β-unsaturated/α-hetero) is 1. The molecule has 0 radical (unpaired) electrons. The summed E-state index contributed by atoms with van der Waals surface area (Å²) in [6, 6.07) is 13.3. The molecule has 10 nitrogen and oxygen atoms in total. The van der Waals surface area contributed by atoms with Crippen LogP contribution in [0.1, 0.15) is 41.4 Å². The number of nitro benzene ring substituents is 1. The quantitative estimate of drug-likeness (QED) is 0.136. The van der Waals surface area contributed by atoms with Crippen molar-refractivity contribution in [3.05, 3.63) is 105 Å². The number of hydrogen-bond acceptors (Lipinski definition) is 8. The fourth-order valence-corrected chi connectivity index (χ4v) is 3.91. The van der Waals surface area contributed by atoms with Crippen molar-refractivity contribution >= 4 is 34.8 Å². The largest absolute Gasteiger partial charge is 0.507 e. The highest BCUT2D eigenvalue weighted by atomic mass is 16.6. The maximum atomic E-state index is 13.2. The van der Waals surface area contributed by atoms with Crippen molar-refractivity contribution in [2.45, 2.75) is 26.0 Å². The molecule has 1 fully saturated rings. The van der Waals surface area contributed by atoms with E-state index in [4.69, 9.17) is 4.74 Å². The second-order valence-corrected chi connectivity index (χ2v) is 8.26. The van der Waals surface area contributed by atoms with Crippen LogP contribution in [-0.4, -0.2) is 38.8 Å². The first kappa shape index (κ1) is 24.3. The van der Waals surface area contributed by atoms with Gasteiger partial charge in [0, 0.05) is 35.8 Å². The van der Waals surface area contributed by atoms with Gasteiger partial charge < -0.3 is 9.84 Å². The summed E-state index contributed by atoms with van der Waals surface area (Å²) in [7, 11) is 0. The van der Waals surface area contributed by atoms with Gasteiger partial charge in [-0.3, -0.25) is 29.6 Å². The van der Waals surface area contributed by atoms with Crippen LogP contribution in [-0.2, 0) is 14.3 Å². The van der Waals surface area contributed by atoms with Gasteiger partial charge in [0.1, 0.15) is 5.76 Å². The molecule has 0 spiro atoms. The van der Waals surface area contributed by atoms with E-state index < -0.39 is 34.4 Å². The normalized spacial score (nSPS) is 16.9. The van der Waals surface area contributed by atoms with Crippen LogP contribution in [0, 0.1) is 10.1 Å². The van der Waals surface area contributed by atoms with E-state index in [0.717, 1.165) is 6.07 Å². The average molecular weight is 487 g/mol. The molecule has 1 saturated heterocycles. The Bertz CT molecular complexity index is 1380. The van der Waals surface area contributed by atoms with Crippen LogP contribution in [0.4, 0.5) is 11.4 Å². The van der Waals surface area contributed by atoms with Gasteiger partial charge in [0.25, 0.3) is 17.4 Å². The third kappa shape index (κ3) is 4.56. The van der Waals surface area contributed by atoms with Gasteiger partial charge >= 0.3 is 5.97 Å². The molecule has 2 heterocycles. The molecule has 3 aromatic rings. The highest BCUT2D eigenvalue weighted by Gasteiger charge is 2.47. The Morgan fingerprint density at radius 2 is 1.81 bits per heavy atom. The summed E-state index contributed by atoms with van der Waals surface area (Å²) in [5.41, 5.74) is 0.491. The summed E-state index contributed by atoms with van der Waals surface area (Å²) in [5.74, 6) is -2.96. The Hall–Kier alpha value is -4.86. The fourth-order valence-electron chi connectivity index (χ4n) is 3.91. The van der Waals surface area contributed by atoms with Gasteiger partial charge in [0.15, 0.2) is 0 Å². The maximum Gasteiger partial charge on any atom is 0.338 e. The summed E-state index contributed by atoms with van der Waals surface area (Å²) in [4.78, 5) is 54.4. The Balaban J connectivity index is 1.84. The maximum absolute atomic E-state index is 13.2. The lowest BCUT2D eigenvalue weighted by molar-refractivity contribution is -0.384. The first-order chi connectivity index (χ1) is 17.2. The lowest BCUT2D eigenvalue weighted by Gasteiger charge is -2.25. The van der Waals surface area contributed by atoms with Gasteiger partial charge in [-0.25, -0.2) is 4.79 Å². The van der Waals surface area contributed by atoms with Crippen molar-refractivity contribution in [3.63, 3.8) is 0 Å². The number of benzene rings is 2. The zero-order valence-corrected chi connectivity index (χ0v) is 19.3. The third-order valence-corrected chi connectivity index (χ3v) is 5.50. The molecule has 1 aliphatic heterocycles. The van der Waals surface area contributed by atoms with Crippen molar-refractivity contribution in [3.8, 4) is 0 Å².